The fraction of sp³-hybridized carbons (Fsp3) is 0.286. The molecule has 0 bridgehead atoms. The van der Waals surface area contributed by atoms with Crippen LogP contribution in [0.4, 0.5) is 8.78 Å². The summed E-state index contributed by atoms with van der Waals surface area (Å²) >= 11 is 1.61. The maximum atomic E-state index is 17.1. The van der Waals surface area contributed by atoms with Crippen molar-refractivity contribution in [3.8, 4) is 5.88 Å². The van der Waals surface area contributed by atoms with Gasteiger partial charge in [0, 0.05) is 35.4 Å². The predicted molar refractivity (Wildman–Crippen MR) is 196 cm³/mol. The Balaban J connectivity index is 1.48. The zero-order valence-corrected chi connectivity index (χ0v) is 29.5. The molecule has 5 nitrogen and oxygen atoms in total. The van der Waals surface area contributed by atoms with Gasteiger partial charge in [0.15, 0.2) is 5.17 Å². The number of pyridine rings is 1. The fourth-order valence-electron chi connectivity index (χ4n) is 7.60. The highest BCUT2D eigenvalue weighted by atomic mass is 32.2. The third-order valence-electron chi connectivity index (χ3n) is 10.2. The second-order valence-corrected chi connectivity index (χ2v) is 15.3. The first-order chi connectivity index (χ1) is 24.1. The topological polar surface area (TPSA) is 66.7 Å². The third kappa shape index (κ3) is 5.78. The lowest BCUT2D eigenvalue weighted by Crippen LogP contribution is -2.52. The SMILES string of the molecule is COc1nccc2c1C[C@]1(c3ccc(F)c(C(O)C(C)(C)C)c3F)N=C(NC(c3ccccc3)(c3ccccc3)c3ccccc3)SC[C@@H]1C2. The molecule has 0 amide bonds. The minimum atomic E-state index is -1.37. The number of aromatic nitrogens is 1. The number of fused-ring (bicyclic) bond motifs is 2. The molecule has 7 rings (SSSR count). The van der Waals surface area contributed by atoms with Crippen molar-refractivity contribution in [2.24, 2.45) is 16.3 Å². The Morgan fingerprint density at radius 1 is 0.860 bits per heavy atom. The van der Waals surface area contributed by atoms with Crippen LogP contribution in [0.25, 0.3) is 0 Å². The van der Waals surface area contributed by atoms with Crippen molar-refractivity contribution >= 4 is 16.9 Å². The number of thioether (sulfide) groups is 1. The smallest absolute Gasteiger partial charge is 0.216 e. The Hall–Kier alpha value is -4.53. The number of nitrogens with zero attached hydrogens (tertiary/aromatic N) is 2. The number of methoxy groups -OCH3 is 1. The summed E-state index contributed by atoms with van der Waals surface area (Å²) in [5.41, 5.74) is 2.08. The van der Waals surface area contributed by atoms with Crippen molar-refractivity contribution in [1.82, 2.24) is 10.3 Å². The number of hydrogen-bond acceptors (Lipinski definition) is 6. The molecule has 256 valence electrons. The van der Waals surface area contributed by atoms with Crippen molar-refractivity contribution in [2.75, 3.05) is 12.9 Å². The first-order valence-electron chi connectivity index (χ1n) is 16.9. The summed E-state index contributed by atoms with van der Waals surface area (Å²) in [6.07, 6.45) is 1.26. The highest BCUT2D eigenvalue weighted by Gasteiger charge is 2.51. The molecule has 2 heterocycles. The van der Waals surface area contributed by atoms with Gasteiger partial charge in [0.05, 0.1) is 24.3 Å². The van der Waals surface area contributed by atoms with E-state index in [4.69, 9.17) is 9.73 Å². The van der Waals surface area contributed by atoms with E-state index in [2.05, 4.69) is 46.7 Å². The lowest BCUT2D eigenvalue weighted by Gasteiger charge is -2.47. The van der Waals surface area contributed by atoms with E-state index in [9.17, 15) is 5.11 Å². The highest BCUT2D eigenvalue weighted by molar-refractivity contribution is 8.13. The predicted octanol–water partition coefficient (Wildman–Crippen LogP) is 8.74. The summed E-state index contributed by atoms with van der Waals surface area (Å²) in [5, 5.41) is 15.8. The van der Waals surface area contributed by atoms with Gasteiger partial charge >= 0.3 is 0 Å². The summed E-state index contributed by atoms with van der Waals surface area (Å²) in [6.45, 7) is 5.31. The Morgan fingerprint density at radius 2 is 1.44 bits per heavy atom. The van der Waals surface area contributed by atoms with Gasteiger partial charge in [-0.3, -0.25) is 4.99 Å². The molecular formula is C42H41F2N3O2S. The van der Waals surface area contributed by atoms with Crippen LogP contribution in [-0.4, -0.2) is 28.1 Å². The van der Waals surface area contributed by atoms with Crippen LogP contribution in [0.5, 0.6) is 5.88 Å². The van der Waals surface area contributed by atoms with E-state index in [1.807, 2.05) is 60.7 Å². The van der Waals surface area contributed by atoms with E-state index in [-0.39, 0.29) is 17.0 Å². The number of benzene rings is 4. The highest BCUT2D eigenvalue weighted by Crippen LogP contribution is 2.52. The van der Waals surface area contributed by atoms with E-state index in [0.717, 1.165) is 27.8 Å². The summed E-state index contributed by atoms with van der Waals surface area (Å²) in [5.74, 6) is -0.594. The maximum absolute atomic E-state index is 17.1. The van der Waals surface area contributed by atoms with Gasteiger partial charge in [-0.25, -0.2) is 13.8 Å². The molecule has 0 saturated heterocycles. The lowest BCUT2D eigenvalue weighted by atomic mass is 9.67. The number of aliphatic hydroxyl groups excluding tert-OH is 1. The molecule has 8 heteroatoms. The molecule has 2 N–H and O–H groups in total. The van der Waals surface area contributed by atoms with E-state index in [1.54, 1.807) is 45.8 Å². The number of aliphatic hydroxyl groups is 1. The van der Waals surface area contributed by atoms with Gasteiger partial charge in [0.1, 0.15) is 17.2 Å². The summed E-state index contributed by atoms with van der Waals surface area (Å²) in [6, 6.07) is 35.6. The molecule has 1 unspecified atom stereocenters. The second-order valence-electron chi connectivity index (χ2n) is 14.3. The van der Waals surface area contributed by atoms with Crippen LogP contribution in [0.15, 0.2) is 120 Å². The van der Waals surface area contributed by atoms with Crippen LogP contribution in [0, 0.1) is 23.0 Å². The Kier molecular flexibility index (Phi) is 9.03. The summed E-state index contributed by atoms with van der Waals surface area (Å²) < 4.78 is 38.4. The van der Waals surface area contributed by atoms with Gasteiger partial charge in [-0.05, 0) is 46.2 Å². The fourth-order valence-corrected chi connectivity index (χ4v) is 8.81. The Labute approximate surface area is 296 Å². The monoisotopic (exact) mass is 689 g/mol. The molecule has 3 atom stereocenters. The number of halogens is 2. The maximum Gasteiger partial charge on any atom is 0.216 e. The number of nitrogens with one attached hydrogen (secondary N) is 1. The zero-order valence-electron chi connectivity index (χ0n) is 28.7. The van der Waals surface area contributed by atoms with Crippen molar-refractivity contribution in [3.05, 3.63) is 166 Å². The molecular weight excluding hydrogens is 649 g/mol. The quantitative estimate of drug-likeness (QED) is 0.167. The van der Waals surface area contributed by atoms with Crippen molar-refractivity contribution in [1.29, 1.82) is 0 Å². The third-order valence-corrected chi connectivity index (χ3v) is 11.3. The summed E-state index contributed by atoms with van der Waals surface area (Å²) in [4.78, 5) is 10.0. The molecule has 1 aliphatic heterocycles. The molecule has 4 aromatic carbocycles. The number of amidine groups is 1. The van der Waals surface area contributed by atoms with Crippen LogP contribution >= 0.6 is 11.8 Å². The number of rotatable bonds is 7. The molecule has 5 aromatic rings. The van der Waals surface area contributed by atoms with E-state index < -0.39 is 34.2 Å². The molecule has 50 heavy (non-hydrogen) atoms. The minimum Gasteiger partial charge on any atom is -0.481 e. The average molecular weight is 690 g/mol. The van der Waals surface area contributed by atoms with Crippen molar-refractivity contribution < 1.29 is 18.6 Å². The number of aliphatic imine (C=N–C) groups is 1. The van der Waals surface area contributed by atoms with Gasteiger partial charge in [-0.2, -0.15) is 0 Å². The van der Waals surface area contributed by atoms with Crippen LogP contribution in [0.1, 0.15) is 65.8 Å². The lowest BCUT2D eigenvalue weighted by molar-refractivity contribution is 0.0555. The molecule has 0 saturated carbocycles. The average Bonchev–Trinajstić information content (AvgIpc) is 3.13. The molecule has 0 spiro atoms. The zero-order chi connectivity index (χ0) is 35.1. The first kappa shape index (κ1) is 33.9. The van der Waals surface area contributed by atoms with Crippen LogP contribution < -0.4 is 10.1 Å². The molecule has 0 fully saturated rings. The minimum absolute atomic E-state index is 0.142. The molecule has 2 aliphatic rings. The normalized spacial score (nSPS) is 19.5. The Morgan fingerprint density at radius 3 is 1.98 bits per heavy atom. The van der Waals surface area contributed by atoms with E-state index in [1.165, 1.54) is 12.1 Å². The van der Waals surface area contributed by atoms with E-state index in [0.29, 0.717) is 29.6 Å². The van der Waals surface area contributed by atoms with E-state index >= 15 is 8.78 Å². The summed E-state index contributed by atoms with van der Waals surface area (Å²) in [7, 11) is 1.58. The second kappa shape index (κ2) is 13.3. The van der Waals surface area contributed by atoms with Crippen LogP contribution in [0.2, 0.25) is 0 Å². The molecule has 0 radical (unpaired) electrons. The Bertz CT molecular complexity index is 1920. The standard InChI is InChI=1S/C42H41F2N3O2S/c1-40(2,3)37(48)35-34(43)21-20-33(36(35)44)41-25-32-27(22-23-45-38(32)49-4)24-31(41)26-50-39(46-41)47-42(28-14-8-5-9-15-28,29-16-10-6-11-17-29)30-18-12-7-13-19-30/h5-23,31,37,48H,24-26H2,1-4H3,(H,46,47)/t31-,37?,41-/m0/s1. The van der Waals surface area contributed by atoms with Gasteiger partial charge in [-0.15, -0.1) is 0 Å². The number of ether oxygens (including phenoxy) is 1. The van der Waals surface area contributed by atoms with Crippen molar-refractivity contribution in [2.45, 2.75) is 50.8 Å². The van der Waals surface area contributed by atoms with Crippen LogP contribution in [0.3, 0.4) is 0 Å². The van der Waals surface area contributed by atoms with Gasteiger partial charge in [0.25, 0.3) is 0 Å². The first-order valence-corrected chi connectivity index (χ1v) is 17.9. The van der Waals surface area contributed by atoms with Crippen LogP contribution in [-0.2, 0) is 23.9 Å². The largest absolute Gasteiger partial charge is 0.481 e. The van der Waals surface area contributed by atoms with Gasteiger partial charge in [0.2, 0.25) is 5.88 Å². The van der Waals surface area contributed by atoms with Gasteiger partial charge < -0.3 is 15.2 Å². The number of hydrogen-bond donors (Lipinski definition) is 2. The van der Waals surface area contributed by atoms with Gasteiger partial charge in [-0.1, -0.05) is 130 Å². The molecule has 1 aromatic heterocycles. The molecule has 1 aliphatic carbocycles. The van der Waals surface area contributed by atoms with Crippen molar-refractivity contribution in [3.63, 3.8) is 0 Å².